The van der Waals surface area contributed by atoms with Crippen LogP contribution in [0.4, 0.5) is 13.2 Å². The first-order chi connectivity index (χ1) is 11.3. The van der Waals surface area contributed by atoms with E-state index in [-0.39, 0.29) is 24.1 Å². The van der Waals surface area contributed by atoms with Crippen LogP contribution in [0.3, 0.4) is 0 Å². The van der Waals surface area contributed by atoms with Crippen molar-refractivity contribution in [1.29, 1.82) is 5.26 Å². The highest BCUT2D eigenvalue weighted by Gasteiger charge is 2.15. The minimum Gasteiger partial charge on any atom is -0.486 e. The van der Waals surface area contributed by atoms with Crippen LogP contribution in [-0.2, 0) is 4.79 Å². The summed E-state index contributed by atoms with van der Waals surface area (Å²) in [6, 6.07) is 4.68. The quantitative estimate of drug-likeness (QED) is 0.469. The van der Waals surface area contributed by atoms with Crippen LogP contribution in [0.15, 0.2) is 34.1 Å². The first kappa shape index (κ1) is 20.0. The van der Waals surface area contributed by atoms with Crippen LogP contribution in [0.1, 0.15) is 24.5 Å². The van der Waals surface area contributed by atoms with Crippen molar-refractivity contribution in [3.63, 3.8) is 0 Å². The molecule has 0 aliphatic rings. The summed E-state index contributed by atoms with van der Waals surface area (Å²) in [6.45, 7) is 2.70. The average Bonchev–Trinajstić information content (AvgIpc) is 2.54. The van der Waals surface area contributed by atoms with Gasteiger partial charge in [-0.1, -0.05) is 6.92 Å². The molecule has 0 fully saturated rings. The lowest BCUT2D eigenvalue weighted by atomic mass is 9.98. The Morgan fingerprint density at radius 1 is 1.46 bits per heavy atom. The van der Waals surface area contributed by atoms with Crippen LogP contribution in [0, 0.1) is 18.3 Å². The highest BCUT2D eigenvalue weighted by molar-refractivity contribution is 9.10. The summed E-state index contributed by atoms with van der Waals surface area (Å²) in [5.41, 5.74) is 0.953. The molecule has 1 aromatic rings. The van der Waals surface area contributed by atoms with Gasteiger partial charge in [0.2, 0.25) is 5.78 Å². The van der Waals surface area contributed by atoms with Crippen LogP contribution in [0.5, 0.6) is 5.75 Å². The van der Waals surface area contributed by atoms with E-state index in [4.69, 9.17) is 10.00 Å². The topological polar surface area (TPSA) is 50.1 Å². The van der Waals surface area contributed by atoms with E-state index in [0.29, 0.717) is 10.0 Å². The van der Waals surface area contributed by atoms with Crippen molar-refractivity contribution in [3.8, 4) is 11.8 Å². The predicted octanol–water partition coefficient (Wildman–Crippen LogP) is 5.14. The van der Waals surface area contributed by atoms with Gasteiger partial charge < -0.3 is 4.74 Å². The Hall–Kier alpha value is -2.07. The lowest BCUT2D eigenvalue weighted by Crippen LogP contribution is -2.08. The summed E-state index contributed by atoms with van der Waals surface area (Å²) in [5.74, 6) is -0.503. The molecule has 0 saturated heterocycles. The molecule has 24 heavy (non-hydrogen) atoms. The van der Waals surface area contributed by atoms with Crippen LogP contribution in [-0.4, -0.2) is 18.8 Å². The zero-order chi connectivity index (χ0) is 18.3. The zero-order valence-electron chi connectivity index (χ0n) is 13.1. The molecule has 0 heterocycles. The highest BCUT2D eigenvalue weighted by Crippen LogP contribution is 2.30. The number of Topliss-reactive ketones (excluding diaryl/α,β-unsaturated/α-hetero) is 1. The minimum atomic E-state index is -2.61. The Labute approximate surface area is 146 Å². The summed E-state index contributed by atoms with van der Waals surface area (Å²) < 4.78 is 42.7. The second-order valence-corrected chi connectivity index (χ2v) is 5.68. The number of benzene rings is 1. The molecule has 7 heteroatoms. The number of halogens is 4. The molecule has 0 bridgehead atoms. The fourth-order valence-electron chi connectivity index (χ4n) is 1.90. The summed E-state index contributed by atoms with van der Waals surface area (Å²) in [5, 5.41) is 8.76. The maximum absolute atomic E-state index is 12.6. The third-order valence-corrected chi connectivity index (χ3v) is 3.78. The van der Waals surface area contributed by atoms with Crippen LogP contribution >= 0.6 is 15.9 Å². The Bertz CT molecular complexity index is 721. The SMILES string of the molecule is CC/C(=C\c1cc(OCC(F)F)c(Br)cc1C)C(=O)/C(C#N)=C/F. The van der Waals surface area contributed by atoms with E-state index in [1.807, 2.05) is 0 Å². The molecule has 0 spiro atoms. The van der Waals surface area contributed by atoms with Crippen LogP contribution in [0.25, 0.3) is 6.08 Å². The van der Waals surface area contributed by atoms with Crippen LogP contribution < -0.4 is 4.74 Å². The van der Waals surface area contributed by atoms with Gasteiger partial charge in [-0.25, -0.2) is 13.2 Å². The normalized spacial score (nSPS) is 12.2. The van der Waals surface area contributed by atoms with E-state index in [2.05, 4.69) is 15.9 Å². The fourth-order valence-corrected chi connectivity index (χ4v) is 2.47. The maximum Gasteiger partial charge on any atom is 0.272 e. The molecular formula is C17H15BrF3NO2. The van der Waals surface area contributed by atoms with Gasteiger partial charge in [0.05, 0.1) is 4.47 Å². The van der Waals surface area contributed by atoms with E-state index in [1.165, 1.54) is 18.2 Å². The molecule has 3 nitrogen and oxygen atoms in total. The highest BCUT2D eigenvalue weighted by atomic mass is 79.9. The average molecular weight is 402 g/mol. The molecule has 0 atom stereocenters. The lowest BCUT2D eigenvalue weighted by Gasteiger charge is -2.12. The first-order valence-corrected chi connectivity index (χ1v) is 7.80. The van der Waals surface area contributed by atoms with Crippen molar-refractivity contribution < 1.29 is 22.7 Å². The third kappa shape index (κ3) is 5.24. The summed E-state index contributed by atoms with van der Waals surface area (Å²) in [4.78, 5) is 12.1. The van der Waals surface area contributed by atoms with Gasteiger partial charge in [0.15, 0.2) is 0 Å². The standard InChI is InChI=1S/C17H15BrF3NO2/c1-3-11(17(23)13(7-19)8-22)5-12-6-15(24-9-16(20)21)14(18)4-10(12)2/h4-7,16H,3,9H2,1-2H3/b11-5+,13-7+. The van der Waals surface area contributed by atoms with Gasteiger partial charge in [-0.3, -0.25) is 4.79 Å². The van der Waals surface area contributed by atoms with Crippen molar-refractivity contribution in [2.45, 2.75) is 26.7 Å². The number of carbonyl (C=O) groups is 1. The van der Waals surface area contributed by atoms with Gasteiger partial charge in [0.1, 0.15) is 30.3 Å². The first-order valence-electron chi connectivity index (χ1n) is 7.00. The molecule has 1 aromatic carbocycles. The number of hydrogen-bond donors (Lipinski definition) is 0. The molecule has 0 aliphatic carbocycles. The van der Waals surface area contributed by atoms with Crippen LogP contribution in [0.2, 0.25) is 0 Å². The number of hydrogen-bond acceptors (Lipinski definition) is 3. The zero-order valence-corrected chi connectivity index (χ0v) is 14.7. The van der Waals surface area contributed by atoms with Crippen molar-refractivity contribution in [2.75, 3.05) is 6.61 Å². The van der Waals surface area contributed by atoms with Gasteiger partial charge >= 0.3 is 0 Å². The number of carbonyl (C=O) groups excluding carboxylic acids is 1. The second-order valence-electron chi connectivity index (χ2n) is 4.83. The minimum absolute atomic E-state index is 0.0303. The fraction of sp³-hybridized carbons (Fsp3) is 0.294. The number of rotatable bonds is 7. The van der Waals surface area contributed by atoms with Crippen molar-refractivity contribution in [3.05, 3.63) is 45.2 Å². The summed E-state index contributed by atoms with van der Waals surface area (Å²) >= 11 is 3.23. The third-order valence-electron chi connectivity index (χ3n) is 3.16. The number of nitriles is 1. The molecular weight excluding hydrogens is 387 g/mol. The molecule has 0 amide bonds. The number of alkyl halides is 2. The monoisotopic (exact) mass is 401 g/mol. The molecule has 1 rings (SSSR count). The molecule has 0 N–H and O–H groups in total. The number of aryl methyl sites for hydroxylation is 1. The van der Waals surface area contributed by atoms with E-state index in [0.717, 1.165) is 5.56 Å². The molecule has 0 saturated carbocycles. The molecule has 128 valence electrons. The number of ketones is 1. The van der Waals surface area contributed by atoms with Crippen molar-refractivity contribution in [2.24, 2.45) is 0 Å². The Morgan fingerprint density at radius 2 is 2.12 bits per heavy atom. The summed E-state index contributed by atoms with van der Waals surface area (Å²) in [7, 11) is 0. The van der Waals surface area contributed by atoms with Gasteiger partial charge in [-0.15, -0.1) is 0 Å². The van der Waals surface area contributed by atoms with Crippen molar-refractivity contribution in [1.82, 2.24) is 0 Å². The van der Waals surface area contributed by atoms with E-state index in [1.54, 1.807) is 19.9 Å². The number of allylic oxidation sites excluding steroid dienone is 2. The molecule has 0 radical (unpaired) electrons. The molecule has 0 unspecified atom stereocenters. The Kier molecular flexibility index (Phi) is 7.72. The van der Waals surface area contributed by atoms with Crippen molar-refractivity contribution >= 4 is 27.8 Å². The smallest absolute Gasteiger partial charge is 0.272 e. The Balaban J connectivity index is 3.26. The van der Waals surface area contributed by atoms with Gasteiger partial charge in [0.25, 0.3) is 6.43 Å². The number of ether oxygens (including phenoxy) is 1. The lowest BCUT2D eigenvalue weighted by molar-refractivity contribution is -0.112. The van der Waals surface area contributed by atoms with Gasteiger partial charge in [-0.2, -0.15) is 5.26 Å². The molecule has 0 aliphatic heterocycles. The van der Waals surface area contributed by atoms with E-state index >= 15 is 0 Å². The second kappa shape index (κ2) is 9.28. The predicted molar refractivity (Wildman–Crippen MR) is 88.5 cm³/mol. The van der Waals surface area contributed by atoms with E-state index in [9.17, 15) is 18.0 Å². The maximum atomic E-state index is 12.6. The summed E-state index contributed by atoms with van der Waals surface area (Å²) in [6.07, 6.45) is -0.865. The van der Waals surface area contributed by atoms with E-state index < -0.39 is 24.4 Å². The number of nitrogens with zero attached hydrogens (tertiary/aromatic N) is 1. The Morgan fingerprint density at radius 3 is 2.62 bits per heavy atom. The molecule has 0 aromatic heterocycles. The largest absolute Gasteiger partial charge is 0.486 e. The van der Waals surface area contributed by atoms with Gasteiger partial charge in [-0.05, 0) is 58.6 Å². The van der Waals surface area contributed by atoms with Gasteiger partial charge in [0, 0.05) is 5.57 Å².